The zero-order valence-electron chi connectivity index (χ0n) is 10.3. The molecule has 0 amide bonds. The maximum absolute atomic E-state index is 8.62. The monoisotopic (exact) mass is 255 g/mol. The third kappa shape index (κ3) is 3.03. The Hall–Kier alpha value is -1.42. The van der Waals surface area contributed by atoms with Crippen molar-refractivity contribution in [2.75, 3.05) is 11.4 Å². The molecule has 0 atom stereocenters. The predicted molar refractivity (Wildman–Crippen MR) is 72.1 cm³/mol. The normalized spacial score (nSPS) is 11.9. The van der Waals surface area contributed by atoms with Crippen molar-refractivity contribution >= 4 is 23.1 Å². The second-order valence-electron chi connectivity index (χ2n) is 4.03. The Balaban J connectivity index is 3.12. The van der Waals surface area contributed by atoms with Crippen LogP contribution in [0.4, 0.5) is 5.69 Å². The van der Waals surface area contributed by atoms with E-state index in [-0.39, 0.29) is 5.84 Å². The molecule has 0 aliphatic rings. The molecule has 0 heterocycles. The minimum absolute atomic E-state index is 0.0224. The average Bonchev–Trinajstić information content (AvgIpc) is 2.28. The third-order valence-electron chi connectivity index (χ3n) is 2.63. The van der Waals surface area contributed by atoms with Gasteiger partial charge in [-0.05, 0) is 39.0 Å². The van der Waals surface area contributed by atoms with Crippen molar-refractivity contribution in [1.82, 2.24) is 0 Å². The molecule has 3 N–H and O–H groups in total. The quantitative estimate of drug-likeness (QED) is 0.376. The van der Waals surface area contributed by atoms with E-state index >= 15 is 0 Å². The Morgan fingerprint density at radius 1 is 1.53 bits per heavy atom. The van der Waals surface area contributed by atoms with Gasteiger partial charge in [-0.1, -0.05) is 16.8 Å². The molecule has 4 nitrogen and oxygen atoms in total. The van der Waals surface area contributed by atoms with Crippen molar-refractivity contribution in [3.8, 4) is 0 Å². The fourth-order valence-corrected chi connectivity index (χ4v) is 2.06. The fraction of sp³-hybridized carbons (Fsp3) is 0.417. The average molecular weight is 256 g/mol. The number of benzene rings is 1. The molecule has 1 aromatic carbocycles. The SMILES string of the molecule is CCN(c1ccc(C(N)=NO)c(Cl)c1)C(C)C. The van der Waals surface area contributed by atoms with E-state index in [0.717, 1.165) is 12.2 Å². The molecule has 1 aromatic rings. The minimum Gasteiger partial charge on any atom is -0.409 e. The molecule has 0 spiro atoms. The molecule has 0 unspecified atom stereocenters. The fourth-order valence-electron chi connectivity index (χ4n) is 1.79. The lowest BCUT2D eigenvalue weighted by Crippen LogP contribution is -2.30. The van der Waals surface area contributed by atoms with Gasteiger partial charge in [-0.3, -0.25) is 0 Å². The summed E-state index contributed by atoms with van der Waals surface area (Å²) in [6.07, 6.45) is 0. The first kappa shape index (κ1) is 13.6. The maximum atomic E-state index is 8.62. The lowest BCUT2D eigenvalue weighted by Gasteiger charge is -2.27. The van der Waals surface area contributed by atoms with Crippen LogP contribution in [0.2, 0.25) is 5.02 Å². The molecule has 0 aliphatic carbocycles. The van der Waals surface area contributed by atoms with E-state index in [1.54, 1.807) is 6.07 Å². The molecular formula is C12H18ClN3O. The summed E-state index contributed by atoms with van der Waals surface area (Å²) >= 11 is 6.11. The number of nitrogens with two attached hydrogens (primary N) is 1. The molecular weight excluding hydrogens is 238 g/mol. The van der Waals surface area contributed by atoms with Gasteiger partial charge in [0, 0.05) is 23.8 Å². The molecule has 0 aromatic heterocycles. The highest BCUT2D eigenvalue weighted by atomic mass is 35.5. The van der Waals surface area contributed by atoms with Crippen LogP contribution in [0.3, 0.4) is 0 Å². The molecule has 0 saturated heterocycles. The Labute approximate surface area is 107 Å². The number of halogens is 1. The highest BCUT2D eigenvalue weighted by Crippen LogP contribution is 2.24. The van der Waals surface area contributed by atoms with Crippen LogP contribution in [0.15, 0.2) is 23.4 Å². The van der Waals surface area contributed by atoms with Crippen molar-refractivity contribution in [2.24, 2.45) is 10.9 Å². The summed E-state index contributed by atoms with van der Waals surface area (Å²) in [4.78, 5) is 2.21. The molecule has 0 fully saturated rings. The van der Waals surface area contributed by atoms with Gasteiger partial charge in [0.2, 0.25) is 0 Å². The number of rotatable bonds is 4. The minimum atomic E-state index is 0.0224. The summed E-state index contributed by atoms with van der Waals surface area (Å²) in [6.45, 7) is 7.23. The summed E-state index contributed by atoms with van der Waals surface area (Å²) < 4.78 is 0. The first-order valence-electron chi connectivity index (χ1n) is 5.55. The Morgan fingerprint density at radius 3 is 2.59 bits per heavy atom. The Morgan fingerprint density at radius 2 is 2.18 bits per heavy atom. The van der Waals surface area contributed by atoms with Crippen LogP contribution in [-0.2, 0) is 0 Å². The van der Waals surface area contributed by atoms with E-state index in [9.17, 15) is 0 Å². The topological polar surface area (TPSA) is 61.8 Å². The van der Waals surface area contributed by atoms with E-state index in [4.69, 9.17) is 22.5 Å². The molecule has 5 heteroatoms. The molecule has 1 rings (SSSR count). The molecule has 0 aliphatic heterocycles. The molecule has 94 valence electrons. The number of hydrogen-bond donors (Lipinski definition) is 2. The number of nitrogens with zero attached hydrogens (tertiary/aromatic N) is 2. The number of amidine groups is 1. The van der Waals surface area contributed by atoms with Gasteiger partial charge in [0.25, 0.3) is 0 Å². The van der Waals surface area contributed by atoms with Gasteiger partial charge < -0.3 is 15.8 Å². The third-order valence-corrected chi connectivity index (χ3v) is 2.94. The van der Waals surface area contributed by atoms with E-state index < -0.39 is 0 Å². The van der Waals surface area contributed by atoms with Crippen LogP contribution < -0.4 is 10.6 Å². The standard InChI is InChI=1S/C12H18ClN3O/c1-4-16(8(2)3)9-5-6-10(11(13)7-9)12(14)15-17/h5-8,17H,4H2,1-3H3,(H2,14,15). The Bertz CT molecular complexity index is 418. The molecule has 0 bridgehead atoms. The van der Waals surface area contributed by atoms with Crippen molar-refractivity contribution in [3.05, 3.63) is 28.8 Å². The summed E-state index contributed by atoms with van der Waals surface area (Å²) in [7, 11) is 0. The van der Waals surface area contributed by atoms with Gasteiger partial charge in [-0.2, -0.15) is 0 Å². The van der Waals surface area contributed by atoms with Gasteiger partial charge in [0.1, 0.15) is 0 Å². The van der Waals surface area contributed by atoms with E-state index in [1.807, 2.05) is 12.1 Å². The molecule has 0 saturated carbocycles. The van der Waals surface area contributed by atoms with Crippen LogP contribution >= 0.6 is 11.6 Å². The van der Waals surface area contributed by atoms with Gasteiger partial charge in [-0.15, -0.1) is 0 Å². The maximum Gasteiger partial charge on any atom is 0.171 e. The van der Waals surface area contributed by atoms with E-state index in [0.29, 0.717) is 16.6 Å². The second kappa shape index (κ2) is 5.77. The van der Waals surface area contributed by atoms with Crippen LogP contribution in [0.5, 0.6) is 0 Å². The van der Waals surface area contributed by atoms with Crippen LogP contribution in [-0.4, -0.2) is 23.6 Å². The number of anilines is 1. The zero-order valence-corrected chi connectivity index (χ0v) is 11.1. The van der Waals surface area contributed by atoms with Gasteiger partial charge in [0.05, 0.1) is 5.02 Å². The van der Waals surface area contributed by atoms with E-state index in [2.05, 4.69) is 30.8 Å². The van der Waals surface area contributed by atoms with Crippen molar-refractivity contribution < 1.29 is 5.21 Å². The van der Waals surface area contributed by atoms with Crippen LogP contribution in [0, 0.1) is 0 Å². The summed E-state index contributed by atoms with van der Waals surface area (Å²) in [5.41, 5.74) is 7.08. The summed E-state index contributed by atoms with van der Waals surface area (Å²) in [5, 5.41) is 12.0. The Kier molecular flexibility index (Phi) is 4.63. The highest BCUT2D eigenvalue weighted by molar-refractivity contribution is 6.34. The predicted octanol–water partition coefficient (Wildman–Crippen LogP) is 2.67. The van der Waals surface area contributed by atoms with Crippen molar-refractivity contribution in [3.63, 3.8) is 0 Å². The zero-order chi connectivity index (χ0) is 13.0. The molecule has 0 radical (unpaired) electrons. The number of hydrogen-bond acceptors (Lipinski definition) is 3. The number of oxime groups is 1. The smallest absolute Gasteiger partial charge is 0.171 e. The van der Waals surface area contributed by atoms with Crippen molar-refractivity contribution in [2.45, 2.75) is 26.8 Å². The lowest BCUT2D eigenvalue weighted by molar-refractivity contribution is 0.318. The van der Waals surface area contributed by atoms with Crippen molar-refractivity contribution in [1.29, 1.82) is 0 Å². The molecule has 17 heavy (non-hydrogen) atoms. The van der Waals surface area contributed by atoms with Gasteiger partial charge in [-0.25, -0.2) is 0 Å². The second-order valence-corrected chi connectivity index (χ2v) is 4.44. The lowest BCUT2D eigenvalue weighted by atomic mass is 10.1. The summed E-state index contributed by atoms with van der Waals surface area (Å²) in [5.74, 6) is 0.0224. The highest BCUT2D eigenvalue weighted by Gasteiger charge is 2.12. The van der Waals surface area contributed by atoms with Gasteiger partial charge in [0.15, 0.2) is 5.84 Å². The largest absolute Gasteiger partial charge is 0.409 e. The summed E-state index contributed by atoms with van der Waals surface area (Å²) in [6, 6.07) is 5.91. The first-order chi connectivity index (χ1) is 8.01. The van der Waals surface area contributed by atoms with Crippen LogP contribution in [0.1, 0.15) is 26.3 Å². The van der Waals surface area contributed by atoms with Gasteiger partial charge >= 0.3 is 0 Å². The van der Waals surface area contributed by atoms with Crippen LogP contribution in [0.25, 0.3) is 0 Å². The van der Waals surface area contributed by atoms with E-state index in [1.165, 1.54) is 0 Å². The first-order valence-corrected chi connectivity index (χ1v) is 5.93.